The number of carbonyl (C=O) groups excluding carboxylic acids is 1. The molecule has 2 aliphatic rings. The van der Waals surface area contributed by atoms with Gasteiger partial charge in [0, 0.05) is 37.8 Å². The normalized spacial score (nSPS) is 22.2. The molecule has 0 spiro atoms. The standard InChI is InChI=1S/C23H28N2O3/c1-17-20(28-22-10-6-5-9-21(22)27-2)12-14-24(17)15-16-25-13-11-18-7-3-4-8-19(18)23(25)26/h3-10,17,20H,11-16H2,1-2H3/t17-,20-/m1/s1. The summed E-state index contributed by atoms with van der Waals surface area (Å²) in [7, 11) is 1.67. The van der Waals surface area contributed by atoms with E-state index in [4.69, 9.17) is 9.47 Å². The number of methoxy groups -OCH3 is 1. The van der Waals surface area contributed by atoms with Gasteiger partial charge < -0.3 is 14.4 Å². The van der Waals surface area contributed by atoms with Gasteiger partial charge in [-0.15, -0.1) is 0 Å². The maximum atomic E-state index is 12.7. The molecule has 5 nitrogen and oxygen atoms in total. The molecular formula is C23H28N2O3. The summed E-state index contributed by atoms with van der Waals surface area (Å²) in [5.74, 6) is 1.73. The average molecular weight is 380 g/mol. The molecule has 5 heteroatoms. The largest absolute Gasteiger partial charge is 0.493 e. The zero-order chi connectivity index (χ0) is 19.5. The van der Waals surface area contributed by atoms with Crippen LogP contribution < -0.4 is 9.47 Å². The third-order valence-corrected chi connectivity index (χ3v) is 6.01. The van der Waals surface area contributed by atoms with Crippen LogP contribution >= 0.6 is 0 Å². The molecule has 2 heterocycles. The average Bonchev–Trinajstić information content (AvgIpc) is 3.07. The van der Waals surface area contributed by atoms with E-state index in [0.717, 1.165) is 56.1 Å². The van der Waals surface area contributed by atoms with E-state index in [1.807, 2.05) is 47.4 Å². The molecule has 1 amide bonds. The molecule has 0 unspecified atom stereocenters. The smallest absolute Gasteiger partial charge is 0.254 e. The summed E-state index contributed by atoms with van der Waals surface area (Å²) < 4.78 is 11.7. The second-order valence-electron chi connectivity index (χ2n) is 7.57. The Hall–Kier alpha value is -2.53. The fourth-order valence-electron chi connectivity index (χ4n) is 4.26. The minimum absolute atomic E-state index is 0.133. The van der Waals surface area contributed by atoms with Crippen molar-refractivity contribution in [1.29, 1.82) is 0 Å². The zero-order valence-electron chi connectivity index (χ0n) is 16.6. The third kappa shape index (κ3) is 3.72. The first-order valence-corrected chi connectivity index (χ1v) is 10.1. The van der Waals surface area contributed by atoms with Crippen LogP contribution in [0.1, 0.15) is 29.3 Å². The number of fused-ring (bicyclic) bond motifs is 1. The van der Waals surface area contributed by atoms with E-state index >= 15 is 0 Å². The number of likely N-dealkylation sites (tertiary alicyclic amines) is 1. The van der Waals surface area contributed by atoms with Gasteiger partial charge in [0.25, 0.3) is 5.91 Å². The van der Waals surface area contributed by atoms with Gasteiger partial charge >= 0.3 is 0 Å². The van der Waals surface area contributed by atoms with Crippen molar-refractivity contribution in [2.75, 3.05) is 33.3 Å². The van der Waals surface area contributed by atoms with E-state index in [2.05, 4.69) is 17.9 Å². The lowest BCUT2D eigenvalue weighted by Crippen LogP contribution is -2.44. The molecule has 148 valence electrons. The lowest BCUT2D eigenvalue weighted by molar-refractivity contribution is 0.0705. The van der Waals surface area contributed by atoms with Crippen molar-refractivity contribution in [1.82, 2.24) is 9.80 Å². The highest BCUT2D eigenvalue weighted by atomic mass is 16.5. The number of rotatable bonds is 6. The minimum atomic E-state index is 0.133. The fourth-order valence-corrected chi connectivity index (χ4v) is 4.26. The van der Waals surface area contributed by atoms with Crippen LogP contribution in [0.5, 0.6) is 11.5 Å². The Kier molecular flexibility index (Phi) is 5.53. The van der Waals surface area contributed by atoms with Crippen molar-refractivity contribution in [2.24, 2.45) is 0 Å². The number of benzene rings is 2. The van der Waals surface area contributed by atoms with Gasteiger partial charge in [-0.05, 0) is 43.5 Å². The van der Waals surface area contributed by atoms with E-state index in [1.165, 1.54) is 5.56 Å². The molecule has 2 atom stereocenters. The van der Waals surface area contributed by atoms with Crippen molar-refractivity contribution < 1.29 is 14.3 Å². The zero-order valence-corrected chi connectivity index (χ0v) is 16.6. The second kappa shape index (κ2) is 8.23. The Morgan fingerprint density at radius 1 is 1.00 bits per heavy atom. The summed E-state index contributed by atoms with van der Waals surface area (Å²) in [6, 6.07) is 16.1. The quantitative estimate of drug-likeness (QED) is 0.772. The molecule has 28 heavy (non-hydrogen) atoms. The van der Waals surface area contributed by atoms with Gasteiger partial charge in [-0.25, -0.2) is 0 Å². The molecular weight excluding hydrogens is 352 g/mol. The summed E-state index contributed by atoms with van der Waals surface area (Å²) in [4.78, 5) is 17.2. The maximum absolute atomic E-state index is 12.7. The summed E-state index contributed by atoms with van der Waals surface area (Å²) in [5.41, 5.74) is 2.03. The number of carbonyl (C=O) groups is 1. The molecule has 4 rings (SSSR count). The third-order valence-electron chi connectivity index (χ3n) is 6.01. The Bertz CT molecular complexity index is 838. The van der Waals surface area contributed by atoms with Crippen molar-refractivity contribution in [2.45, 2.75) is 31.9 Å². The van der Waals surface area contributed by atoms with Crippen molar-refractivity contribution in [3.8, 4) is 11.5 Å². The number of para-hydroxylation sites is 2. The van der Waals surface area contributed by atoms with Gasteiger partial charge in [0.15, 0.2) is 11.5 Å². The molecule has 0 aromatic heterocycles. The van der Waals surface area contributed by atoms with Crippen molar-refractivity contribution in [3.63, 3.8) is 0 Å². The monoisotopic (exact) mass is 380 g/mol. The number of hydrogen-bond donors (Lipinski definition) is 0. The molecule has 2 aliphatic heterocycles. The van der Waals surface area contributed by atoms with Gasteiger partial charge in [0.05, 0.1) is 7.11 Å². The summed E-state index contributed by atoms with van der Waals surface area (Å²) >= 11 is 0. The van der Waals surface area contributed by atoms with E-state index in [-0.39, 0.29) is 12.0 Å². The SMILES string of the molecule is COc1ccccc1O[C@@H]1CCN(CCN2CCc3ccccc3C2=O)[C@@H]1C. The molecule has 0 N–H and O–H groups in total. The van der Waals surface area contributed by atoms with E-state index in [0.29, 0.717) is 6.04 Å². The Balaban J connectivity index is 1.34. The van der Waals surface area contributed by atoms with E-state index < -0.39 is 0 Å². The predicted molar refractivity (Wildman–Crippen MR) is 109 cm³/mol. The number of ether oxygens (including phenoxy) is 2. The highest BCUT2D eigenvalue weighted by Crippen LogP contribution is 2.30. The highest BCUT2D eigenvalue weighted by molar-refractivity contribution is 5.96. The first-order chi connectivity index (χ1) is 13.7. The topological polar surface area (TPSA) is 42.0 Å². The maximum Gasteiger partial charge on any atom is 0.254 e. The van der Waals surface area contributed by atoms with Crippen molar-refractivity contribution >= 4 is 5.91 Å². The van der Waals surface area contributed by atoms with Gasteiger partial charge in [-0.3, -0.25) is 9.69 Å². The van der Waals surface area contributed by atoms with Crippen LogP contribution in [0.3, 0.4) is 0 Å². The number of nitrogens with zero attached hydrogens (tertiary/aromatic N) is 2. The molecule has 1 saturated heterocycles. The molecule has 0 radical (unpaired) electrons. The molecule has 0 bridgehead atoms. The summed E-state index contributed by atoms with van der Waals surface area (Å²) in [6.07, 6.45) is 2.06. The van der Waals surface area contributed by atoms with Crippen LogP contribution in [0.25, 0.3) is 0 Å². The van der Waals surface area contributed by atoms with Gasteiger partial charge in [-0.2, -0.15) is 0 Å². The van der Waals surface area contributed by atoms with Crippen LogP contribution in [0, 0.1) is 0 Å². The van der Waals surface area contributed by atoms with Gasteiger partial charge in [-0.1, -0.05) is 30.3 Å². The van der Waals surface area contributed by atoms with Crippen LogP contribution in [-0.4, -0.2) is 61.1 Å². The lowest BCUT2D eigenvalue weighted by atomic mass is 9.99. The Morgan fingerprint density at radius 3 is 2.57 bits per heavy atom. The van der Waals surface area contributed by atoms with Crippen LogP contribution in [-0.2, 0) is 6.42 Å². The first kappa shape index (κ1) is 18.8. The van der Waals surface area contributed by atoms with Crippen molar-refractivity contribution in [3.05, 3.63) is 59.7 Å². The summed E-state index contributed by atoms with van der Waals surface area (Å²) in [6.45, 7) is 5.64. The van der Waals surface area contributed by atoms with E-state index in [1.54, 1.807) is 7.11 Å². The molecule has 0 saturated carbocycles. The number of amides is 1. The molecule has 2 aromatic rings. The molecule has 1 fully saturated rings. The minimum Gasteiger partial charge on any atom is -0.493 e. The Labute approximate surface area is 166 Å². The predicted octanol–water partition coefficient (Wildman–Crippen LogP) is 3.24. The fraction of sp³-hybridized carbons (Fsp3) is 0.435. The Morgan fingerprint density at radius 2 is 1.75 bits per heavy atom. The van der Waals surface area contributed by atoms with Gasteiger partial charge in [0.1, 0.15) is 6.10 Å². The molecule has 2 aromatic carbocycles. The number of hydrogen-bond acceptors (Lipinski definition) is 4. The van der Waals surface area contributed by atoms with Gasteiger partial charge in [0.2, 0.25) is 0 Å². The highest BCUT2D eigenvalue weighted by Gasteiger charge is 2.33. The summed E-state index contributed by atoms with van der Waals surface area (Å²) in [5, 5.41) is 0. The molecule has 0 aliphatic carbocycles. The van der Waals surface area contributed by atoms with Crippen LogP contribution in [0.15, 0.2) is 48.5 Å². The lowest BCUT2D eigenvalue weighted by Gasteiger charge is -2.31. The van der Waals surface area contributed by atoms with Crippen LogP contribution in [0.4, 0.5) is 0 Å². The second-order valence-corrected chi connectivity index (χ2v) is 7.57. The van der Waals surface area contributed by atoms with E-state index in [9.17, 15) is 4.79 Å². The van der Waals surface area contributed by atoms with Crippen LogP contribution in [0.2, 0.25) is 0 Å². The first-order valence-electron chi connectivity index (χ1n) is 10.1.